The molecule has 35 heavy (non-hydrogen) atoms. The summed E-state index contributed by atoms with van der Waals surface area (Å²) in [5.74, 6) is 0. The number of para-hydroxylation sites is 1. The van der Waals surface area contributed by atoms with Crippen molar-refractivity contribution in [3.05, 3.63) is 82.5 Å². The smallest absolute Gasteiger partial charge is 0.407 e. The van der Waals surface area contributed by atoms with Gasteiger partial charge in [-0.05, 0) is 67.8 Å². The first-order valence-corrected chi connectivity index (χ1v) is 13.2. The fourth-order valence-electron chi connectivity index (χ4n) is 4.94. The lowest BCUT2D eigenvalue weighted by Gasteiger charge is -2.35. The van der Waals surface area contributed by atoms with Gasteiger partial charge in [-0.3, -0.25) is 4.90 Å². The fourth-order valence-corrected chi connectivity index (χ4v) is 5.91. The number of rotatable bonds is 7. The van der Waals surface area contributed by atoms with Gasteiger partial charge in [0, 0.05) is 35.1 Å². The topological polar surface area (TPSA) is 59.4 Å². The van der Waals surface area contributed by atoms with Crippen LogP contribution in [0.3, 0.4) is 0 Å². The van der Waals surface area contributed by atoms with E-state index in [9.17, 15) is 4.79 Å². The number of benzene rings is 2. The van der Waals surface area contributed by atoms with Crippen LogP contribution < -0.4 is 5.32 Å². The number of thiophene rings is 1. The van der Waals surface area contributed by atoms with Crippen molar-refractivity contribution in [1.29, 1.82) is 0 Å². The number of fused-ring (bicyclic) bond motifs is 1. The van der Waals surface area contributed by atoms with Crippen molar-refractivity contribution < 1.29 is 9.53 Å². The van der Waals surface area contributed by atoms with Crippen LogP contribution in [0.15, 0.2) is 60.0 Å². The van der Waals surface area contributed by atoms with Gasteiger partial charge in [0.15, 0.2) is 0 Å². The summed E-state index contributed by atoms with van der Waals surface area (Å²) in [5, 5.41) is 11.0. The summed E-state index contributed by atoms with van der Waals surface area (Å²) in [4.78, 5) is 14.9. The molecule has 0 aliphatic carbocycles. The Morgan fingerprint density at radius 2 is 1.91 bits per heavy atom. The van der Waals surface area contributed by atoms with Gasteiger partial charge in [0.2, 0.25) is 0 Å². The molecule has 0 saturated carbocycles. The number of nitrogens with one attached hydrogen (secondary N) is 1. The molecular formula is C28H32N4O2S. The number of carbonyl (C=O) groups excluding carboxylic acids is 1. The van der Waals surface area contributed by atoms with Crippen molar-refractivity contribution in [3.63, 3.8) is 0 Å². The average Bonchev–Trinajstić information content (AvgIpc) is 3.43. The molecule has 2 aromatic heterocycles. The molecule has 2 aromatic carbocycles. The van der Waals surface area contributed by atoms with E-state index < -0.39 is 0 Å². The number of likely N-dealkylation sites (tertiary alicyclic amines) is 1. The number of ether oxygens (including phenoxy) is 1. The molecule has 3 heterocycles. The lowest BCUT2D eigenvalue weighted by Crippen LogP contribution is -2.43. The zero-order valence-electron chi connectivity index (χ0n) is 20.4. The van der Waals surface area contributed by atoms with Crippen molar-refractivity contribution in [2.75, 3.05) is 13.2 Å². The van der Waals surface area contributed by atoms with Gasteiger partial charge in [-0.1, -0.05) is 42.8 Å². The quantitative estimate of drug-likeness (QED) is 0.347. The molecule has 0 spiro atoms. The van der Waals surface area contributed by atoms with Crippen molar-refractivity contribution in [1.82, 2.24) is 20.0 Å². The Hall–Kier alpha value is -3.16. The second kappa shape index (κ2) is 10.6. The molecule has 4 aromatic rings. The summed E-state index contributed by atoms with van der Waals surface area (Å²) in [7, 11) is 0. The summed E-state index contributed by atoms with van der Waals surface area (Å²) in [6, 6.07) is 18.7. The summed E-state index contributed by atoms with van der Waals surface area (Å²) in [5.41, 5.74) is 5.68. The third-order valence-corrected chi connectivity index (χ3v) is 7.96. The molecule has 1 atom stereocenters. The van der Waals surface area contributed by atoms with Gasteiger partial charge in [-0.25, -0.2) is 9.48 Å². The average molecular weight is 489 g/mol. The van der Waals surface area contributed by atoms with Crippen LogP contribution in [0.1, 0.15) is 41.8 Å². The van der Waals surface area contributed by atoms with Gasteiger partial charge in [-0.2, -0.15) is 5.10 Å². The predicted octanol–water partition coefficient (Wildman–Crippen LogP) is 5.98. The molecular weight excluding hydrogens is 456 g/mol. The summed E-state index contributed by atoms with van der Waals surface area (Å²) in [6.07, 6.45) is 3.01. The molecule has 1 fully saturated rings. The number of aryl methyl sites for hydroxylation is 1. The van der Waals surface area contributed by atoms with Crippen molar-refractivity contribution >= 4 is 27.5 Å². The van der Waals surface area contributed by atoms with E-state index in [1.54, 1.807) is 11.3 Å². The maximum Gasteiger partial charge on any atom is 0.407 e. The second-order valence-corrected chi connectivity index (χ2v) is 10.1. The molecule has 1 amide bonds. The Morgan fingerprint density at radius 1 is 1.11 bits per heavy atom. The number of hydrogen-bond acceptors (Lipinski definition) is 5. The lowest BCUT2D eigenvalue weighted by atomic mass is 10.0. The minimum atomic E-state index is -0.352. The Labute approximate surface area is 210 Å². The number of aromatic nitrogens is 2. The number of piperidine rings is 1. The van der Waals surface area contributed by atoms with E-state index in [-0.39, 0.29) is 12.1 Å². The lowest BCUT2D eigenvalue weighted by molar-refractivity contribution is 0.0636. The normalized spacial score (nSPS) is 16.5. The SMILES string of the molecule is Cc1nn(-c2ccccc2)c(C)c1CN1CCCCC1COC(=O)NCc1csc2ccccc12. The number of amides is 1. The van der Waals surface area contributed by atoms with E-state index in [2.05, 4.69) is 53.7 Å². The Balaban J connectivity index is 1.19. The molecule has 7 heteroatoms. The van der Waals surface area contributed by atoms with E-state index in [4.69, 9.17) is 9.84 Å². The third kappa shape index (κ3) is 5.26. The van der Waals surface area contributed by atoms with E-state index in [1.807, 2.05) is 35.0 Å². The fraction of sp³-hybridized carbons (Fsp3) is 0.357. The maximum atomic E-state index is 12.5. The largest absolute Gasteiger partial charge is 0.448 e. The first-order chi connectivity index (χ1) is 17.1. The zero-order chi connectivity index (χ0) is 24.2. The van der Waals surface area contributed by atoms with Gasteiger partial charge in [0.25, 0.3) is 0 Å². The Kier molecular flexibility index (Phi) is 7.16. The van der Waals surface area contributed by atoms with E-state index in [0.29, 0.717) is 13.2 Å². The molecule has 0 bridgehead atoms. The molecule has 1 aliphatic heterocycles. The molecule has 182 valence electrons. The molecule has 0 radical (unpaired) electrons. The van der Waals surface area contributed by atoms with Crippen LogP contribution in [-0.4, -0.2) is 40.0 Å². The predicted molar refractivity (Wildman–Crippen MR) is 141 cm³/mol. The summed E-state index contributed by atoms with van der Waals surface area (Å²) in [6.45, 7) is 6.93. The summed E-state index contributed by atoms with van der Waals surface area (Å²) < 4.78 is 8.95. The van der Waals surface area contributed by atoms with Crippen LogP contribution in [0.2, 0.25) is 0 Å². The minimum Gasteiger partial charge on any atom is -0.448 e. The van der Waals surface area contributed by atoms with Crippen molar-refractivity contribution in [3.8, 4) is 5.69 Å². The molecule has 1 aliphatic rings. The van der Waals surface area contributed by atoms with Gasteiger partial charge in [-0.15, -0.1) is 11.3 Å². The first-order valence-electron chi connectivity index (χ1n) is 12.3. The minimum absolute atomic E-state index is 0.218. The zero-order valence-corrected chi connectivity index (χ0v) is 21.2. The first kappa shape index (κ1) is 23.6. The van der Waals surface area contributed by atoms with E-state index in [1.165, 1.54) is 27.8 Å². The van der Waals surface area contributed by atoms with Crippen LogP contribution in [-0.2, 0) is 17.8 Å². The number of hydrogen-bond donors (Lipinski definition) is 1. The molecule has 1 N–H and O–H groups in total. The van der Waals surface area contributed by atoms with Crippen LogP contribution in [0.4, 0.5) is 4.79 Å². The monoisotopic (exact) mass is 488 g/mol. The van der Waals surface area contributed by atoms with Gasteiger partial charge >= 0.3 is 6.09 Å². The number of nitrogens with zero attached hydrogens (tertiary/aromatic N) is 3. The summed E-state index contributed by atoms with van der Waals surface area (Å²) >= 11 is 1.70. The Bertz CT molecular complexity index is 1300. The van der Waals surface area contributed by atoms with Crippen LogP contribution in [0.25, 0.3) is 15.8 Å². The molecule has 5 rings (SSSR count). The van der Waals surface area contributed by atoms with Crippen LogP contribution >= 0.6 is 11.3 Å². The Morgan fingerprint density at radius 3 is 2.77 bits per heavy atom. The highest BCUT2D eigenvalue weighted by Gasteiger charge is 2.26. The van der Waals surface area contributed by atoms with E-state index >= 15 is 0 Å². The highest BCUT2D eigenvalue weighted by Crippen LogP contribution is 2.26. The highest BCUT2D eigenvalue weighted by molar-refractivity contribution is 7.17. The maximum absolute atomic E-state index is 12.5. The molecule has 1 unspecified atom stereocenters. The number of alkyl carbamates (subject to hydrolysis) is 1. The van der Waals surface area contributed by atoms with Crippen LogP contribution in [0.5, 0.6) is 0 Å². The van der Waals surface area contributed by atoms with Crippen molar-refractivity contribution in [2.24, 2.45) is 0 Å². The second-order valence-electron chi connectivity index (χ2n) is 9.23. The highest BCUT2D eigenvalue weighted by atomic mass is 32.1. The number of carbonyl (C=O) groups is 1. The van der Waals surface area contributed by atoms with Crippen molar-refractivity contribution in [2.45, 2.75) is 52.2 Å². The van der Waals surface area contributed by atoms with Gasteiger partial charge in [0.1, 0.15) is 6.61 Å². The van der Waals surface area contributed by atoms with Crippen LogP contribution in [0, 0.1) is 13.8 Å². The molecule has 1 saturated heterocycles. The standard InChI is InChI=1S/C28H32N4O2S/c1-20-26(21(2)32(30-20)23-10-4-3-5-11-23)17-31-15-9-8-12-24(31)18-34-28(33)29-16-22-19-35-27-14-7-6-13-25(22)27/h3-7,10-11,13-14,19,24H,8-9,12,15-18H2,1-2H3,(H,29,33). The van der Waals surface area contributed by atoms with Gasteiger partial charge in [0.05, 0.1) is 11.4 Å². The third-order valence-electron chi connectivity index (χ3n) is 6.94. The van der Waals surface area contributed by atoms with Gasteiger partial charge < -0.3 is 10.1 Å². The van der Waals surface area contributed by atoms with E-state index in [0.717, 1.165) is 42.9 Å². The molecule has 6 nitrogen and oxygen atoms in total.